The van der Waals surface area contributed by atoms with Gasteiger partial charge < -0.3 is 15.0 Å². The minimum Gasteiger partial charge on any atom is -0.381 e. The molecule has 0 radical (unpaired) electrons. The van der Waals surface area contributed by atoms with Gasteiger partial charge in [0, 0.05) is 51.0 Å². The first-order chi connectivity index (χ1) is 15.1. The molecule has 0 saturated carbocycles. The standard InChI is InChI=1S/C23H28N4O4/c28-23(26-8-1-2-9-26)21-15-20(6-7-22(21)27(29)30)24-16-18-4-3-5-19(14-18)17-25-10-12-31-13-11-25/h3-7,14-15,24H,1-2,8-13,16-17H2. The highest BCUT2D eigenvalue weighted by Gasteiger charge is 2.27. The molecule has 0 bridgehead atoms. The summed E-state index contributed by atoms with van der Waals surface area (Å²) in [5.41, 5.74) is 3.07. The summed E-state index contributed by atoms with van der Waals surface area (Å²) in [6.45, 7) is 6.22. The van der Waals surface area contributed by atoms with Gasteiger partial charge in [0.15, 0.2) is 0 Å². The SMILES string of the molecule is O=C(c1cc(NCc2cccc(CN3CCOCC3)c2)ccc1[N+](=O)[O-])N1CCCC1. The molecule has 2 saturated heterocycles. The number of benzene rings is 2. The van der Waals surface area contributed by atoms with E-state index in [9.17, 15) is 14.9 Å². The Morgan fingerprint density at radius 3 is 2.52 bits per heavy atom. The Morgan fingerprint density at radius 2 is 1.77 bits per heavy atom. The minimum absolute atomic E-state index is 0.144. The van der Waals surface area contributed by atoms with Crippen LogP contribution in [0.1, 0.15) is 34.3 Å². The molecule has 8 heteroatoms. The molecule has 0 unspecified atom stereocenters. The van der Waals surface area contributed by atoms with Crippen molar-refractivity contribution < 1.29 is 14.5 Å². The molecule has 2 heterocycles. The maximum absolute atomic E-state index is 12.8. The number of rotatable bonds is 7. The number of hydrogen-bond acceptors (Lipinski definition) is 6. The molecule has 0 aromatic heterocycles. The number of nitro benzene ring substituents is 1. The van der Waals surface area contributed by atoms with Crippen molar-refractivity contribution in [2.45, 2.75) is 25.9 Å². The van der Waals surface area contributed by atoms with E-state index in [1.807, 2.05) is 6.07 Å². The summed E-state index contributed by atoms with van der Waals surface area (Å²) in [6.07, 6.45) is 1.89. The van der Waals surface area contributed by atoms with Crippen LogP contribution >= 0.6 is 0 Å². The van der Waals surface area contributed by atoms with Gasteiger partial charge in [0.05, 0.1) is 18.1 Å². The minimum atomic E-state index is -0.484. The molecule has 0 spiro atoms. The second-order valence-corrected chi connectivity index (χ2v) is 8.05. The Balaban J connectivity index is 1.44. The monoisotopic (exact) mass is 424 g/mol. The third-order valence-electron chi connectivity index (χ3n) is 5.81. The summed E-state index contributed by atoms with van der Waals surface area (Å²) >= 11 is 0. The second kappa shape index (κ2) is 9.89. The van der Waals surface area contributed by atoms with Gasteiger partial charge >= 0.3 is 0 Å². The molecule has 2 aliphatic rings. The first-order valence-electron chi connectivity index (χ1n) is 10.8. The first-order valence-corrected chi connectivity index (χ1v) is 10.8. The molecule has 164 valence electrons. The highest BCUT2D eigenvalue weighted by molar-refractivity contribution is 5.99. The fourth-order valence-corrected chi connectivity index (χ4v) is 4.13. The Morgan fingerprint density at radius 1 is 1.03 bits per heavy atom. The summed E-state index contributed by atoms with van der Waals surface area (Å²) < 4.78 is 5.41. The van der Waals surface area contributed by atoms with Crippen molar-refractivity contribution in [3.63, 3.8) is 0 Å². The number of likely N-dealkylation sites (tertiary alicyclic amines) is 1. The molecule has 0 aliphatic carbocycles. The number of ether oxygens (including phenoxy) is 1. The van der Waals surface area contributed by atoms with Crippen LogP contribution in [-0.4, -0.2) is 60.0 Å². The van der Waals surface area contributed by atoms with E-state index in [2.05, 4.69) is 28.4 Å². The van der Waals surface area contributed by atoms with E-state index in [4.69, 9.17) is 4.74 Å². The van der Waals surface area contributed by atoms with E-state index in [0.29, 0.717) is 25.3 Å². The fraction of sp³-hybridized carbons (Fsp3) is 0.435. The van der Waals surface area contributed by atoms with Crippen LogP contribution in [0.25, 0.3) is 0 Å². The zero-order valence-electron chi connectivity index (χ0n) is 17.6. The van der Waals surface area contributed by atoms with Crippen LogP contribution in [0.3, 0.4) is 0 Å². The molecular weight excluding hydrogens is 396 g/mol. The van der Waals surface area contributed by atoms with Gasteiger partial charge in [-0.15, -0.1) is 0 Å². The lowest BCUT2D eigenvalue weighted by atomic mass is 10.1. The summed E-state index contributed by atoms with van der Waals surface area (Å²) in [4.78, 5) is 27.8. The number of amides is 1. The highest BCUT2D eigenvalue weighted by Crippen LogP contribution is 2.26. The molecular formula is C23H28N4O4. The molecule has 1 N–H and O–H groups in total. The third-order valence-corrected chi connectivity index (χ3v) is 5.81. The average molecular weight is 425 g/mol. The number of nitrogens with one attached hydrogen (secondary N) is 1. The van der Waals surface area contributed by atoms with Crippen LogP contribution in [0.15, 0.2) is 42.5 Å². The van der Waals surface area contributed by atoms with Gasteiger partial charge in [-0.1, -0.05) is 24.3 Å². The average Bonchev–Trinajstić information content (AvgIpc) is 3.33. The van der Waals surface area contributed by atoms with Crippen molar-refractivity contribution in [2.24, 2.45) is 0 Å². The molecule has 1 amide bonds. The van der Waals surface area contributed by atoms with Gasteiger partial charge in [-0.05, 0) is 36.1 Å². The van der Waals surface area contributed by atoms with Crippen molar-refractivity contribution in [3.05, 3.63) is 69.3 Å². The Hall–Kier alpha value is -2.97. The zero-order chi connectivity index (χ0) is 21.6. The number of morpholine rings is 1. The van der Waals surface area contributed by atoms with Gasteiger partial charge in [0.2, 0.25) is 0 Å². The van der Waals surface area contributed by atoms with E-state index in [-0.39, 0.29) is 17.2 Å². The van der Waals surface area contributed by atoms with E-state index in [0.717, 1.165) is 51.3 Å². The number of carbonyl (C=O) groups is 1. The van der Waals surface area contributed by atoms with Crippen LogP contribution in [0.5, 0.6) is 0 Å². The molecule has 2 aliphatic heterocycles. The Kier molecular flexibility index (Phi) is 6.79. The van der Waals surface area contributed by atoms with E-state index < -0.39 is 4.92 Å². The molecule has 31 heavy (non-hydrogen) atoms. The Bertz CT molecular complexity index is 937. The van der Waals surface area contributed by atoms with E-state index >= 15 is 0 Å². The normalized spacial score (nSPS) is 17.0. The van der Waals surface area contributed by atoms with Crippen molar-refractivity contribution in [1.82, 2.24) is 9.80 Å². The molecule has 2 aromatic carbocycles. The summed E-state index contributed by atoms with van der Waals surface area (Å²) in [6, 6.07) is 13.1. The second-order valence-electron chi connectivity index (χ2n) is 8.05. The molecule has 8 nitrogen and oxygen atoms in total. The topological polar surface area (TPSA) is 88.0 Å². The predicted octanol–water partition coefficient (Wildman–Crippen LogP) is 3.28. The number of nitrogens with zero attached hydrogens (tertiary/aromatic N) is 3. The summed E-state index contributed by atoms with van der Waals surface area (Å²) in [5, 5.41) is 14.8. The summed E-state index contributed by atoms with van der Waals surface area (Å²) in [7, 11) is 0. The molecule has 2 fully saturated rings. The first kappa shape index (κ1) is 21.3. The van der Waals surface area contributed by atoms with E-state index in [1.165, 1.54) is 11.6 Å². The van der Waals surface area contributed by atoms with Crippen LogP contribution < -0.4 is 5.32 Å². The van der Waals surface area contributed by atoms with Crippen LogP contribution in [0.2, 0.25) is 0 Å². The Labute approximate surface area is 181 Å². The lowest BCUT2D eigenvalue weighted by Gasteiger charge is -2.26. The van der Waals surface area contributed by atoms with Crippen molar-refractivity contribution in [3.8, 4) is 0 Å². The molecule has 0 atom stereocenters. The predicted molar refractivity (Wildman–Crippen MR) is 118 cm³/mol. The lowest BCUT2D eigenvalue weighted by molar-refractivity contribution is -0.385. The fourth-order valence-electron chi connectivity index (χ4n) is 4.13. The van der Waals surface area contributed by atoms with Gasteiger partial charge in [0.1, 0.15) is 5.56 Å². The van der Waals surface area contributed by atoms with E-state index in [1.54, 1.807) is 17.0 Å². The molecule has 4 rings (SSSR count). The van der Waals surface area contributed by atoms with Crippen LogP contribution in [-0.2, 0) is 17.8 Å². The number of anilines is 1. The van der Waals surface area contributed by atoms with Crippen LogP contribution in [0.4, 0.5) is 11.4 Å². The van der Waals surface area contributed by atoms with Crippen molar-refractivity contribution in [1.29, 1.82) is 0 Å². The van der Waals surface area contributed by atoms with Gasteiger partial charge in [-0.25, -0.2) is 0 Å². The maximum atomic E-state index is 12.8. The van der Waals surface area contributed by atoms with Crippen LogP contribution in [0, 0.1) is 10.1 Å². The largest absolute Gasteiger partial charge is 0.381 e. The van der Waals surface area contributed by atoms with Crippen molar-refractivity contribution >= 4 is 17.3 Å². The van der Waals surface area contributed by atoms with Gasteiger partial charge in [-0.2, -0.15) is 0 Å². The van der Waals surface area contributed by atoms with Crippen molar-refractivity contribution in [2.75, 3.05) is 44.7 Å². The van der Waals surface area contributed by atoms with Gasteiger partial charge in [0.25, 0.3) is 11.6 Å². The van der Waals surface area contributed by atoms with Gasteiger partial charge in [-0.3, -0.25) is 19.8 Å². The number of nitro groups is 1. The number of carbonyl (C=O) groups excluding carboxylic acids is 1. The third kappa shape index (κ3) is 5.39. The summed E-state index contributed by atoms with van der Waals surface area (Å²) in [5.74, 6) is -0.264. The lowest BCUT2D eigenvalue weighted by Crippen LogP contribution is -2.35. The molecule has 2 aromatic rings. The smallest absolute Gasteiger partial charge is 0.282 e. The number of hydrogen-bond donors (Lipinski definition) is 1. The zero-order valence-corrected chi connectivity index (χ0v) is 17.6. The maximum Gasteiger partial charge on any atom is 0.282 e. The highest BCUT2D eigenvalue weighted by atomic mass is 16.6. The quantitative estimate of drug-likeness (QED) is 0.542.